The lowest BCUT2D eigenvalue weighted by Crippen LogP contribution is -2.43. The second-order valence-corrected chi connectivity index (χ2v) is 8.98. The normalized spacial score (nSPS) is 16.4. The van der Waals surface area contributed by atoms with Crippen molar-refractivity contribution >= 4 is 32.7 Å². The Morgan fingerprint density at radius 1 is 1.26 bits per heavy atom. The molecule has 8 heteroatoms. The van der Waals surface area contributed by atoms with Crippen LogP contribution in [0.4, 0.5) is 5.13 Å². The summed E-state index contributed by atoms with van der Waals surface area (Å²) in [6, 6.07) is 9.78. The molecule has 1 fully saturated rings. The van der Waals surface area contributed by atoms with Crippen LogP contribution in [0.5, 0.6) is 0 Å². The average molecular weight is 440 g/mol. The summed E-state index contributed by atoms with van der Waals surface area (Å²) in [6.07, 6.45) is 2.72. The van der Waals surface area contributed by atoms with E-state index in [4.69, 9.17) is 9.72 Å². The Labute approximate surface area is 186 Å². The summed E-state index contributed by atoms with van der Waals surface area (Å²) in [5.74, 6) is 0.710. The van der Waals surface area contributed by atoms with Gasteiger partial charge in [-0.2, -0.15) is 4.98 Å². The van der Waals surface area contributed by atoms with Crippen molar-refractivity contribution < 1.29 is 9.53 Å². The molecule has 0 aliphatic carbocycles. The van der Waals surface area contributed by atoms with Gasteiger partial charge in [-0.05, 0) is 38.7 Å². The molecule has 7 nitrogen and oxygen atoms in total. The van der Waals surface area contributed by atoms with Gasteiger partial charge in [0.05, 0.1) is 16.5 Å². The van der Waals surface area contributed by atoms with Crippen LogP contribution in [0.1, 0.15) is 50.7 Å². The molecule has 0 bridgehead atoms. The van der Waals surface area contributed by atoms with Crippen LogP contribution in [-0.4, -0.2) is 39.5 Å². The number of aromatic nitrogens is 3. The number of fused-ring (bicyclic) bond motifs is 1. The Morgan fingerprint density at radius 2 is 2.06 bits per heavy atom. The topological polar surface area (TPSA) is 80.2 Å². The smallest absolute Gasteiger partial charge is 0.243 e. The highest BCUT2D eigenvalue weighted by Crippen LogP contribution is 2.34. The van der Waals surface area contributed by atoms with Gasteiger partial charge in [0.2, 0.25) is 5.91 Å². The summed E-state index contributed by atoms with van der Waals surface area (Å²) in [5.41, 5.74) is 2.78. The summed E-state index contributed by atoms with van der Waals surface area (Å²) in [7, 11) is 0. The zero-order valence-electron chi connectivity index (χ0n) is 18.3. The van der Waals surface area contributed by atoms with Crippen molar-refractivity contribution in [3.05, 3.63) is 47.4 Å². The molecule has 1 amide bonds. The van der Waals surface area contributed by atoms with Gasteiger partial charge >= 0.3 is 0 Å². The molecule has 1 N–H and O–H groups in total. The molecule has 1 aliphatic rings. The monoisotopic (exact) mass is 439 g/mol. The van der Waals surface area contributed by atoms with E-state index in [1.807, 2.05) is 44.2 Å². The van der Waals surface area contributed by atoms with Gasteiger partial charge in [0.1, 0.15) is 12.6 Å². The number of rotatable bonds is 8. The van der Waals surface area contributed by atoms with Gasteiger partial charge in [-0.15, -0.1) is 0 Å². The molecule has 1 atom stereocenters. The quantitative estimate of drug-likeness (QED) is 0.574. The van der Waals surface area contributed by atoms with Gasteiger partial charge in [-0.3, -0.25) is 4.79 Å². The molecule has 3 aromatic rings. The number of nitrogens with one attached hydrogen (secondary N) is 1. The van der Waals surface area contributed by atoms with E-state index in [1.165, 1.54) is 0 Å². The number of ether oxygens (including phenoxy) is 1. The third-order valence-corrected chi connectivity index (χ3v) is 6.48. The van der Waals surface area contributed by atoms with E-state index in [0.29, 0.717) is 24.6 Å². The summed E-state index contributed by atoms with van der Waals surface area (Å²) >= 11 is 1.58. The Hall–Kier alpha value is -2.58. The first-order valence-electron chi connectivity index (χ1n) is 10.9. The van der Waals surface area contributed by atoms with Gasteiger partial charge in [0.25, 0.3) is 0 Å². The minimum atomic E-state index is -0.203. The summed E-state index contributed by atoms with van der Waals surface area (Å²) < 4.78 is 6.68. The van der Waals surface area contributed by atoms with E-state index < -0.39 is 0 Å². The number of carbonyl (C=O) groups is 1. The number of carbonyl (C=O) groups excluding carboxylic acids is 1. The van der Waals surface area contributed by atoms with Crippen molar-refractivity contribution in [3.63, 3.8) is 0 Å². The Morgan fingerprint density at radius 3 is 2.81 bits per heavy atom. The highest BCUT2D eigenvalue weighted by molar-refractivity contribution is 7.22. The van der Waals surface area contributed by atoms with Crippen LogP contribution < -0.4 is 10.2 Å². The van der Waals surface area contributed by atoms with E-state index >= 15 is 0 Å². The minimum Gasteiger partial charge on any atom is -0.371 e. The van der Waals surface area contributed by atoms with Crippen LogP contribution in [0.25, 0.3) is 10.3 Å². The number of benzene rings is 1. The number of anilines is 1. The van der Waals surface area contributed by atoms with Crippen LogP contribution in [-0.2, 0) is 29.1 Å². The lowest BCUT2D eigenvalue weighted by Gasteiger charge is -2.23. The fraction of sp³-hybridized carbons (Fsp3) is 0.478. The molecule has 31 heavy (non-hydrogen) atoms. The minimum absolute atomic E-state index is 0.0495. The van der Waals surface area contributed by atoms with Gasteiger partial charge in [-0.1, -0.05) is 48.6 Å². The molecule has 1 aromatic carbocycles. The molecule has 0 saturated carbocycles. The highest BCUT2D eigenvalue weighted by atomic mass is 32.1. The largest absolute Gasteiger partial charge is 0.371 e. The second kappa shape index (κ2) is 9.70. The van der Waals surface area contributed by atoms with E-state index in [9.17, 15) is 4.79 Å². The first kappa shape index (κ1) is 21.6. The molecule has 1 saturated heterocycles. The van der Waals surface area contributed by atoms with Gasteiger partial charge in [0.15, 0.2) is 16.6 Å². The van der Waals surface area contributed by atoms with Crippen LogP contribution in [0.2, 0.25) is 0 Å². The summed E-state index contributed by atoms with van der Waals surface area (Å²) in [5, 5.41) is 3.93. The molecule has 164 valence electrons. The predicted molar refractivity (Wildman–Crippen MR) is 123 cm³/mol. The van der Waals surface area contributed by atoms with Crippen LogP contribution >= 0.6 is 11.3 Å². The molecular weight excluding hydrogens is 410 g/mol. The van der Waals surface area contributed by atoms with Gasteiger partial charge < -0.3 is 15.0 Å². The van der Waals surface area contributed by atoms with Gasteiger partial charge in [-0.25, -0.2) is 9.97 Å². The zero-order valence-corrected chi connectivity index (χ0v) is 19.1. The molecule has 1 aliphatic heterocycles. The third-order valence-electron chi connectivity index (χ3n) is 5.35. The van der Waals surface area contributed by atoms with Crippen molar-refractivity contribution in [2.45, 2.75) is 65.3 Å². The lowest BCUT2D eigenvalue weighted by molar-refractivity contribution is -0.122. The fourth-order valence-corrected chi connectivity index (χ4v) is 4.90. The number of hydrogen-bond acceptors (Lipinski definition) is 7. The molecule has 2 aromatic heterocycles. The molecule has 0 unspecified atom stereocenters. The van der Waals surface area contributed by atoms with Crippen molar-refractivity contribution in [1.82, 2.24) is 20.3 Å². The standard InChI is InChI=1S/C23H29N5O2S/c1-4-17-20-21(26-19(25-17)14-30-15(2)3)27-23(31-20)28-12-8-11-18(28)22(29)24-13-16-9-6-5-7-10-16/h5-7,9-10,15,18H,4,8,11-14H2,1-3H3,(H,24,29)/t18-/m1/s1. The average Bonchev–Trinajstić information content (AvgIpc) is 3.43. The third kappa shape index (κ3) is 5.02. The lowest BCUT2D eigenvalue weighted by atomic mass is 10.2. The molecule has 4 rings (SSSR count). The predicted octanol–water partition coefficient (Wildman–Crippen LogP) is 3.86. The maximum absolute atomic E-state index is 12.9. The van der Waals surface area contributed by atoms with E-state index in [0.717, 1.165) is 46.9 Å². The Balaban J connectivity index is 1.53. The first-order chi connectivity index (χ1) is 15.0. The molecule has 0 spiro atoms. The SMILES string of the molecule is CCc1nc(COC(C)C)nc2nc(N3CCC[C@@H]3C(=O)NCc3ccccc3)sc12. The number of amides is 1. The second-order valence-electron chi connectivity index (χ2n) is 8.00. The van der Waals surface area contributed by atoms with E-state index in [2.05, 4.69) is 27.1 Å². The van der Waals surface area contributed by atoms with Crippen molar-refractivity contribution in [2.75, 3.05) is 11.4 Å². The summed E-state index contributed by atoms with van der Waals surface area (Å²) in [4.78, 5) is 29.2. The highest BCUT2D eigenvalue weighted by Gasteiger charge is 2.33. The first-order valence-corrected chi connectivity index (χ1v) is 11.7. The van der Waals surface area contributed by atoms with Crippen molar-refractivity contribution in [2.24, 2.45) is 0 Å². The number of nitrogens with zero attached hydrogens (tertiary/aromatic N) is 4. The van der Waals surface area contributed by atoms with E-state index in [1.54, 1.807) is 11.3 Å². The Bertz CT molecular complexity index is 1040. The maximum atomic E-state index is 12.9. The fourth-order valence-electron chi connectivity index (χ4n) is 3.76. The molecular formula is C23H29N5O2S. The number of hydrogen-bond donors (Lipinski definition) is 1. The Kier molecular flexibility index (Phi) is 6.77. The number of thiazole rings is 1. The molecule has 3 heterocycles. The maximum Gasteiger partial charge on any atom is 0.243 e. The number of aryl methyl sites for hydroxylation is 1. The van der Waals surface area contributed by atoms with Crippen molar-refractivity contribution in [3.8, 4) is 0 Å². The van der Waals surface area contributed by atoms with Crippen LogP contribution in [0, 0.1) is 0 Å². The molecule has 0 radical (unpaired) electrons. The van der Waals surface area contributed by atoms with Gasteiger partial charge in [0, 0.05) is 13.1 Å². The van der Waals surface area contributed by atoms with Crippen LogP contribution in [0.15, 0.2) is 30.3 Å². The zero-order chi connectivity index (χ0) is 21.8. The van der Waals surface area contributed by atoms with E-state index in [-0.39, 0.29) is 18.1 Å². The van der Waals surface area contributed by atoms with Crippen molar-refractivity contribution in [1.29, 1.82) is 0 Å². The summed E-state index contributed by atoms with van der Waals surface area (Å²) in [6.45, 7) is 7.81. The van der Waals surface area contributed by atoms with Crippen LogP contribution in [0.3, 0.4) is 0 Å².